The van der Waals surface area contributed by atoms with Gasteiger partial charge >= 0.3 is 0 Å². The summed E-state index contributed by atoms with van der Waals surface area (Å²) in [5.41, 5.74) is 0. The molecule has 0 heterocycles. The van der Waals surface area contributed by atoms with Gasteiger partial charge in [0.1, 0.15) is 0 Å². The first kappa shape index (κ1) is 13.4. The van der Waals surface area contributed by atoms with Crippen LogP contribution in [0, 0.1) is 0 Å². The highest BCUT2D eigenvalue weighted by Crippen LogP contribution is 2.08. The quantitative estimate of drug-likeness (QED) is 0.634. The lowest BCUT2D eigenvalue weighted by molar-refractivity contribution is 0.333. The summed E-state index contributed by atoms with van der Waals surface area (Å²) in [5.74, 6) is 0. The van der Waals surface area contributed by atoms with Crippen molar-refractivity contribution >= 4 is 17.4 Å². The Hall–Kier alpha value is 0.354. The molecule has 0 atom stereocenters. The van der Waals surface area contributed by atoms with Gasteiger partial charge in [-0.2, -0.15) is 0 Å². The second-order valence-electron chi connectivity index (χ2n) is 4.39. The Morgan fingerprint density at radius 2 is 1.62 bits per heavy atom. The molecule has 0 aliphatic rings. The maximum Gasteiger partial charge on any atom is 0.187 e. The molecule has 0 fully saturated rings. The van der Waals surface area contributed by atoms with Gasteiger partial charge in [-0.25, -0.2) is 0 Å². The van der Waals surface area contributed by atoms with Crippen LogP contribution in [0.4, 0.5) is 0 Å². The van der Waals surface area contributed by atoms with Gasteiger partial charge in [0, 0.05) is 6.17 Å². The molecule has 0 unspecified atom stereocenters. The van der Waals surface area contributed by atoms with E-state index in [1.807, 2.05) is 0 Å². The maximum absolute atomic E-state index is 6.11. The Morgan fingerprint density at radius 3 is 1.92 bits per heavy atom. The Labute approximate surface area is 86.1 Å². The monoisotopic (exact) mass is 219 g/mol. The van der Waals surface area contributed by atoms with Crippen LogP contribution in [0.15, 0.2) is 0 Å². The molecule has 0 bridgehead atoms. The number of rotatable bonds is 6. The summed E-state index contributed by atoms with van der Waals surface area (Å²) in [5, 5.41) is 0. The molecule has 0 amide bonds. The van der Waals surface area contributed by atoms with Gasteiger partial charge < -0.3 is 9.02 Å². The van der Waals surface area contributed by atoms with Crippen LogP contribution in [0.25, 0.3) is 0 Å². The van der Waals surface area contributed by atoms with Crippen molar-refractivity contribution in [1.29, 1.82) is 0 Å². The second kappa shape index (κ2) is 5.95. The highest BCUT2D eigenvalue weighted by atomic mass is 28.4. The van der Waals surface area contributed by atoms with Crippen molar-refractivity contribution in [2.75, 3.05) is 19.3 Å². The van der Waals surface area contributed by atoms with Crippen molar-refractivity contribution in [1.82, 2.24) is 4.90 Å². The van der Waals surface area contributed by atoms with Gasteiger partial charge in [0.05, 0.1) is 0 Å². The average molecular weight is 219 g/mol. The van der Waals surface area contributed by atoms with Gasteiger partial charge in [0.2, 0.25) is 0 Å². The predicted molar refractivity (Wildman–Crippen MR) is 65.2 cm³/mol. The zero-order chi connectivity index (χ0) is 10.5. The summed E-state index contributed by atoms with van der Waals surface area (Å²) in [6.45, 7) is 15.9. The van der Waals surface area contributed by atoms with Crippen LogP contribution < -0.4 is 0 Å². The topological polar surface area (TPSA) is 12.5 Å². The maximum atomic E-state index is 6.11. The van der Waals surface area contributed by atoms with E-state index in [0.717, 1.165) is 13.1 Å². The highest BCUT2D eigenvalue weighted by Gasteiger charge is 2.25. The minimum Gasteiger partial charge on any atom is -0.457 e. The Morgan fingerprint density at radius 1 is 1.15 bits per heavy atom. The van der Waals surface area contributed by atoms with Crippen LogP contribution >= 0.6 is 0 Å². The minimum atomic E-state index is -1.38. The molecule has 0 N–H and O–H groups in total. The third-order valence-corrected chi connectivity index (χ3v) is 7.70. The molecular weight excluding hydrogens is 194 g/mol. The Balaban J connectivity index is 3.98. The van der Waals surface area contributed by atoms with E-state index in [4.69, 9.17) is 4.12 Å². The van der Waals surface area contributed by atoms with Crippen molar-refractivity contribution < 1.29 is 4.12 Å². The van der Waals surface area contributed by atoms with Crippen molar-refractivity contribution in [3.05, 3.63) is 0 Å². The van der Waals surface area contributed by atoms with Crippen LogP contribution in [0.2, 0.25) is 26.2 Å². The molecule has 2 nitrogen and oxygen atoms in total. The van der Waals surface area contributed by atoms with Crippen molar-refractivity contribution in [3.63, 3.8) is 0 Å². The van der Waals surface area contributed by atoms with E-state index >= 15 is 0 Å². The van der Waals surface area contributed by atoms with E-state index in [1.54, 1.807) is 0 Å². The average Bonchev–Trinajstić information content (AvgIpc) is 1.97. The largest absolute Gasteiger partial charge is 0.457 e. The summed E-state index contributed by atoms with van der Waals surface area (Å²) in [7, 11) is -2.23. The fourth-order valence-electron chi connectivity index (χ4n) is 1.66. The molecule has 0 saturated carbocycles. The standard InChI is InChI=1S/C9H25NOSi2/c1-7-10(8-2)9-13(5,6)11-12(3)4/h12H,7-9H2,1-6H3. The van der Waals surface area contributed by atoms with E-state index in [1.165, 1.54) is 6.17 Å². The molecule has 13 heavy (non-hydrogen) atoms. The molecule has 0 aromatic carbocycles. The third-order valence-electron chi connectivity index (χ3n) is 2.05. The van der Waals surface area contributed by atoms with E-state index in [-0.39, 0.29) is 0 Å². The molecule has 0 aromatic heterocycles. The molecule has 0 rings (SSSR count). The molecule has 0 saturated heterocycles. The number of hydrogen-bond acceptors (Lipinski definition) is 2. The first-order valence-electron chi connectivity index (χ1n) is 5.31. The molecular formula is C9H25NOSi2. The van der Waals surface area contributed by atoms with E-state index in [0.29, 0.717) is 0 Å². The third kappa shape index (κ3) is 6.43. The van der Waals surface area contributed by atoms with Crippen LogP contribution in [-0.4, -0.2) is 41.5 Å². The number of nitrogens with zero attached hydrogens (tertiary/aromatic N) is 1. The van der Waals surface area contributed by atoms with Gasteiger partial charge in [-0.05, 0) is 39.3 Å². The lowest BCUT2D eigenvalue weighted by Gasteiger charge is -2.31. The lowest BCUT2D eigenvalue weighted by atomic mass is 10.6. The zero-order valence-electron chi connectivity index (χ0n) is 10.1. The lowest BCUT2D eigenvalue weighted by Crippen LogP contribution is -2.47. The summed E-state index contributed by atoms with van der Waals surface area (Å²) >= 11 is 0. The Kier molecular flexibility index (Phi) is 6.12. The van der Waals surface area contributed by atoms with Crippen molar-refractivity contribution in [2.45, 2.75) is 40.0 Å². The van der Waals surface area contributed by atoms with Gasteiger partial charge in [-0.15, -0.1) is 0 Å². The summed E-state index contributed by atoms with van der Waals surface area (Å²) < 4.78 is 6.11. The fraction of sp³-hybridized carbons (Fsp3) is 1.00. The molecule has 0 aromatic rings. The van der Waals surface area contributed by atoms with Crippen LogP contribution in [0.1, 0.15) is 13.8 Å². The zero-order valence-corrected chi connectivity index (χ0v) is 12.2. The summed E-state index contributed by atoms with van der Waals surface area (Å²) in [6.07, 6.45) is 1.19. The molecule has 0 spiro atoms. The first-order valence-corrected chi connectivity index (χ1v) is 11.2. The van der Waals surface area contributed by atoms with E-state index < -0.39 is 17.4 Å². The molecule has 4 heteroatoms. The second-order valence-corrected chi connectivity index (χ2v) is 11.3. The SMILES string of the molecule is CCN(CC)C[Si](C)(C)O[SiH](C)C. The number of hydrogen-bond donors (Lipinski definition) is 0. The molecule has 0 aliphatic carbocycles. The van der Waals surface area contributed by atoms with Crippen molar-refractivity contribution in [3.8, 4) is 0 Å². The molecule has 80 valence electrons. The minimum absolute atomic E-state index is 0.841. The first-order chi connectivity index (χ1) is 5.91. The summed E-state index contributed by atoms with van der Waals surface area (Å²) in [4.78, 5) is 2.48. The van der Waals surface area contributed by atoms with Crippen LogP contribution in [0.3, 0.4) is 0 Å². The fourth-order valence-corrected chi connectivity index (χ4v) is 8.59. The molecule has 0 radical (unpaired) electrons. The van der Waals surface area contributed by atoms with Gasteiger partial charge in [0.25, 0.3) is 0 Å². The molecule has 0 aliphatic heterocycles. The van der Waals surface area contributed by atoms with E-state index in [2.05, 4.69) is 44.9 Å². The smallest absolute Gasteiger partial charge is 0.187 e. The van der Waals surface area contributed by atoms with E-state index in [9.17, 15) is 0 Å². The predicted octanol–water partition coefficient (Wildman–Crippen LogP) is 2.07. The Bertz CT molecular complexity index is 136. The van der Waals surface area contributed by atoms with Gasteiger partial charge in [-0.1, -0.05) is 13.8 Å². The normalized spacial score (nSPS) is 12.9. The van der Waals surface area contributed by atoms with Crippen LogP contribution in [-0.2, 0) is 4.12 Å². The van der Waals surface area contributed by atoms with Gasteiger partial charge in [-0.3, -0.25) is 0 Å². The summed E-state index contributed by atoms with van der Waals surface area (Å²) in [6, 6.07) is 0. The van der Waals surface area contributed by atoms with Crippen molar-refractivity contribution in [2.24, 2.45) is 0 Å². The van der Waals surface area contributed by atoms with Crippen LogP contribution in [0.5, 0.6) is 0 Å². The van der Waals surface area contributed by atoms with Gasteiger partial charge in [0.15, 0.2) is 17.4 Å². The highest BCUT2D eigenvalue weighted by molar-refractivity contribution is 6.77.